The average molecular weight is 430 g/mol. The van der Waals surface area contributed by atoms with Crippen molar-refractivity contribution in [3.63, 3.8) is 0 Å². The van der Waals surface area contributed by atoms with Crippen molar-refractivity contribution in [3.8, 4) is 0 Å². The maximum Gasteiger partial charge on any atom is 0.501 e. The van der Waals surface area contributed by atoms with E-state index in [1.165, 1.54) is 0 Å². The van der Waals surface area contributed by atoms with Crippen LogP contribution < -0.4 is 5.32 Å². The van der Waals surface area contributed by atoms with E-state index in [1.54, 1.807) is 0 Å². The first-order valence-electron chi connectivity index (χ1n) is 9.50. The van der Waals surface area contributed by atoms with E-state index in [4.69, 9.17) is 13.3 Å². The number of nitrogens with one attached hydrogen (secondary N) is 1. The first-order chi connectivity index (χ1) is 13.3. The zero-order valence-corrected chi connectivity index (χ0v) is 17.5. The Morgan fingerprint density at radius 2 is 1.07 bits per heavy atom. The SMILES string of the molecule is CCCO[Si](CCCNc1c(F)c(F)c(F)c(F)c1F)(OCCC)OCCC. The summed E-state index contributed by atoms with van der Waals surface area (Å²) >= 11 is 0. The van der Waals surface area contributed by atoms with Gasteiger partial charge in [0.05, 0.1) is 0 Å². The Kier molecular flexibility index (Phi) is 10.9. The van der Waals surface area contributed by atoms with Gasteiger partial charge in [0.25, 0.3) is 0 Å². The molecule has 0 spiro atoms. The quantitative estimate of drug-likeness (QED) is 0.141. The number of anilines is 1. The molecule has 0 fully saturated rings. The van der Waals surface area contributed by atoms with Crippen LogP contribution in [0.25, 0.3) is 0 Å². The highest BCUT2D eigenvalue weighted by Gasteiger charge is 2.40. The van der Waals surface area contributed by atoms with Gasteiger partial charge in [-0.2, -0.15) is 0 Å². The van der Waals surface area contributed by atoms with E-state index in [2.05, 4.69) is 5.32 Å². The lowest BCUT2D eigenvalue weighted by Crippen LogP contribution is -2.46. The van der Waals surface area contributed by atoms with Crippen molar-refractivity contribution < 1.29 is 35.2 Å². The summed E-state index contributed by atoms with van der Waals surface area (Å²) in [5.41, 5.74) is -1.04. The Bertz CT molecular complexity index is 571. The minimum Gasteiger partial charge on any atom is -0.380 e. The predicted molar refractivity (Wildman–Crippen MR) is 98.6 cm³/mol. The summed E-state index contributed by atoms with van der Waals surface area (Å²) in [5.74, 6) is -9.90. The Labute approximate surface area is 163 Å². The molecule has 0 radical (unpaired) electrons. The Hall–Kier alpha value is -1.23. The molecule has 0 aliphatic rings. The van der Waals surface area contributed by atoms with Crippen molar-refractivity contribution in [2.24, 2.45) is 0 Å². The van der Waals surface area contributed by atoms with Crippen LogP contribution in [0, 0.1) is 29.1 Å². The molecular weight excluding hydrogens is 401 g/mol. The number of hydrogen-bond acceptors (Lipinski definition) is 4. The van der Waals surface area contributed by atoms with E-state index in [9.17, 15) is 22.0 Å². The van der Waals surface area contributed by atoms with Crippen LogP contribution in [-0.2, 0) is 13.3 Å². The first-order valence-corrected chi connectivity index (χ1v) is 11.4. The monoisotopic (exact) mass is 429 g/mol. The van der Waals surface area contributed by atoms with Crippen molar-refractivity contribution in [2.75, 3.05) is 31.7 Å². The van der Waals surface area contributed by atoms with Crippen molar-refractivity contribution in [3.05, 3.63) is 29.1 Å². The smallest absolute Gasteiger partial charge is 0.380 e. The summed E-state index contributed by atoms with van der Waals surface area (Å²) < 4.78 is 84.7. The summed E-state index contributed by atoms with van der Waals surface area (Å²) in [5, 5.41) is 2.29. The molecule has 28 heavy (non-hydrogen) atoms. The van der Waals surface area contributed by atoms with Crippen LogP contribution in [0.5, 0.6) is 0 Å². The second-order valence-electron chi connectivity index (χ2n) is 6.20. The molecule has 0 saturated carbocycles. The molecule has 0 atom stereocenters. The van der Waals surface area contributed by atoms with Crippen LogP contribution in [0.1, 0.15) is 46.5 Å². The first kappa shape index (κ1) is 24.8. The number of benzene rings is 1. The summed E-state index contributed by atoms with van der Waals surface area (Å²) in [7, 11) is -2.99. The molecule has 0 heterocycles. The molecular formula is C18H28F5NO3Si. The van der Waals surface area contributed by atoms with Crippen LogP contribution in [-0.4, -0.2) is 35.2 Å². The molecule has 1 N–H and O–H groups in total. The second kappa shape index (κ2) is 12.4. The highest BCUT2D eigenvalue weighted by atomic mass is 28.4. The van der Waals surface area contributed by atoms with Gasteiger partial charge < -0.3 is 18.6 Å². The highest BCUT2D eigenvalue weighted by molar-refractivity contribution is 6.60. The minimum absolute atomic E-state index is 0.0342. The van der Waals surface area contributed by atoms with Gasteiger partial charge in [0, 0.05) is 32.4 Å². The fourth-order valence-corrected chi connectivity index (χ4v) is 5.23. The Morgan fingerprint density at radius 3 is 1.46 bits per heavy atom. The van der Waals surface area contributed by atoms with Crippen LogP contribution >= 0.6 is 0 Å². The third-order valence-corrected chi connectivity index (χ3v) is 6.65. The van der Waals surface area contributed by atoms with E-state index in [0.29, 0.717) is 32.3 Å². The number of rotatable bonds is 14. The third kappa shape index (κ3) is 6.68. The fourth-order valence-electron chi connectivity index (χ4n) is 2.39. The number of halogens is 5. The summed E-state index contributed by atoms with van der Waals surface area (Å²) in [6.07, 6.45) is 2.61. The molecule has 0 amide bonds. The van der Waals surface area contributed by atoms with E-state index in [0.717, 1.165) is 19.3 Å². The summed E-state index contributed by atoms with van der Waals surface area (Å²) in [6.45, 7) is 7.16. The van der Waals surface area contributed by atoms with Gasteiger partial charge in [-0.3, -0.25) is 0 Å². The molecule has 162 valence electrons. The van der Waals surface area contributed by atoms with E-state index in [-0.39, 0.29) is 6.54 Å². The molecule has 0 saturated heterocycles. The largest absolute Gasteiger partial charge is 0.501 e. The average Bonchev–Trinajstić information content (AvgIpc) is 2.70. The van der Waals surface area contributed by atoms with E-state index >= 15 is 0 Å². The Balaban J connectivity index is 2.80. The van der Waals surface area contributed by atoms with Crippen molar-refractivity contribution in [1.82, 2.24) is 0 Å². The van der Waals surface area contributed by atoms with Gasteiger partial charge in [-0.1, -0.05) is 20.8 Å². The molecule has 1 rings (SSSR count). The molecule has 10 heteroatoms. The minimum atomic E-state index is -2.99. The lowest BCUT2D eigenvalue weighted by atomic mass is 10.2. The van der Waals surface area contributed by atoms with Gasteiger partial charge in [-0.15, -0.1) is 0 Å². The zero-order chi connectivity index (χ0) is 21.2. The second-order valence-corrected chi connectivity index (χ2v) is 8.94. The fraction of sp³-hybridized carbons (Fsp3) is 0.667. The van der Waals surface area contributed by atoms with Crippen LogP contribution in [0.3, 0.4) is 0 Å². The van der Waals surface area contributed by atoms with Crippen LogP contribution in [0.15, 0.2) is 0 Å². The van der Waals surface area contributed by atoms with Crippen LogP contribution in [0.4, 0.5) is 27.6 Å². The molecule has 1 aromatic carbocycles. The highest BCUT2D eigenvalue weighted by Crippen LogP contribution is 2.27. The zero-order valence-electron chi connectivity index (χ0n) is 16.5. The number of hydrogen-bond donors (Lipinski definition) is 1. The van der Waals surface area contributed by atoms with Gasteiger partial charge in [0.15, 0.2) is 23.3 Å². The van der Waals surface area contributed by atoms with Gasteiger partial charge in [0.2, 0.25) is 5.82 Å². The molecule has 0 unspecified atom stereocenters. The van der Waals surface area contributed by atoms with E-state index in [1.807, 2.05) is 20.8 Å². The molecule has 0 bridgehead atoms. The van der Waals surface area contributed by atoms with Gasteiger partial charge in [-0.05, 0) is 25.7 Å². The lowest BCUT2D eigenvalue weighted by molar-refractivity contribution is 0.0590. The lowest BCUT2D eigenvalue weighted by Gasteiger charge is -2.29. The normalized spacial score (nSPS) is 11.9. The molecule has 0 aromatic heterocycles. The van der Waals surface area contributed by atoms with Gasteiger partial charge in [-0.25, -0.2) is 22.0 Å². The topological polar surface area (TPSA) is 39.7 Å². The van der Waals surface area contributed by atoms with Crippen molar-refractivity contribution in [2.45, 2.75) is 52.5 Å². The molecule has 1 aromatic rings. The standard InChI is InChI=1S/C18H28F5NO3Si/c1-4-9-25-28(26-10-5-2,27-11-6-3)12-7-8-24-18-16(22)14(20)13(19)15(21)17(18)23/h24H,4-12H2,1-3H3. The summed E-state index contributed by atoms with van der Waals surface area (Å²) in [6, 6.07) is 0.357. The van der Waals surface area contributed by atoms with Gasteiger partial charge in [0.1, 0.15) is 5.69 Å². The Morgan fingerprint density at radius 1 is 0.679 bits per heavy atom. The molecule has 0 aliphatic carbocycles. The predicted octanol–water partition coefficient (Wildman–Crippen LogP) is 5.40. The van der Waals surface area contributed by atoms with Crippen LogP contribution in [0.2, 0.25) is 6.04 Å². The summed E-state index contributed by atoms with van der Waals surface area (Å²) in [4.78, 5) is 0. The molecule has 4 nitrogen and oxygen atoms in total. The maximum atomic E-state index is 13.7. The molecule has 0 aliphatic heterocycles. The van der Waals surface area contributed by atoms with Crippen molar-refractivity contribution in [1.29, 1.82) is 0 Å². The van der Waals surface area contributed by atoms with E-state index < -0.39 is 43.6 Å². The third-order valence-electron chi connectivity index (χ3n) is 3.75. The maximum absolute atomic E-state index is 13.7. The van der Waals surface area contributed by atoms with Crippen molar-refractivity contribution >= 4 is 14.5 Å². The van der Waals surface area contributed by atoms with Gasteiger partial charge >= 0.3 is 8.80 Å².